The van der Waals surface area contributed by atoms with E-state index in [-0.39, 0.29) is 11.5 Å². The highest BCUT2D eigenvalue weighted by Crippen LogP contribution is 2.49. The van der Waals surface area contributed by atoms with Gasteiger partial charge in [0.2, 0.25) is 0 Å². The summed E-state index contributed by atoms with van der Waals surface area (Å²) in [6, 6.07) is 45.6. The van der Waals surface area contributed by atoms with Gasteiger partial charge >= 0.3 is 0 Å². The van der Waals surface area contributed by atoms with Crippen LogP contribution >= 0.6 is 0 Å². The number of nitrogens with two attached hydrogens (primary N) is 1. The normalized spacial score (nSPS) is 15.0. The van der Waals surface area contributed by atoms with E-state index < -0.39 is 0 Å². The molecule has 0 radical (unpaired) electrons. The van der Waals surface area contributed by atoms with Crippen LogP contribution in [0.3, 0.4) is 0 Å². The Balaban J connectivity index is 1.39. The highest BCUT2D eigenvalue weighted by Gasteiger charge is 2.48. The van der Waals surface area contributed by atoms with Crippen molar-refractivity contribution in [2.24, 2.45) is 0 Å². The Kier molecular flexibility index (Phi) is 5.48. The second-order valence-corrected chi connectivity index (χ2v) is 10.4. The molecule has 0 fully saturated rings. The van der Waals surface area contributed by atoms with Gasteiger partial charge in [-0.1, -0.05) is 91.0 Å². The topological polar surface area (TPSA) is 57.9 Å². The second-order valence-electron chi connectivity index (χ2n) is 10.4. The Labute approximate surface area is 228 Å². The molecule has 1 aliphatic rings. The van der Waals surface area contributed by atoms with Crippen molar-refractivity contribution in [1.29, 1.82) is 0 Å². The van der Waals surface area contributed by atoms with E-state index in [4.69, 9.17) is 10.7 Å². The monoisotopic (exact) mass is 506 g/mol. The molecule has 0 saturated carbocycles. The lowest BCUT2D eigenvalue weighted by atomic mass is 9.64. The van der Waals surface area contributed by atoms with Crippen molar-refractivity contribution < 1.29 is 0 Å². The molecule has 1 aliphatic heterocycles. The van der Waals surface area contributed by atoms with Crippen molar-refractivity contribution in [2.75, 3.05) is 17.7 Å². The number of benzene rings is 5. The number of fused-ring (bicyclic) bond motifs is 2. The number of nitrogen functional groups attached to an aromatic ring is 1. The van der Waals surface area contributed by atoms with Gasteiger partial charge in [0.15, 0.2) is 0 Å². The maximum absolute atomic E-state index is 6.01. The standard InChI is InChI=1S/C35H30N4/c1-39-32-20-17-24(34-37-30-19-18-29(36)23-31(30)38-34)21-25(32)22-33(39)35(26-11-5-2-6-12-26,27-13-7-3-8-14-27)28-15-9-4-10-16-28/h2-21,23,33H,22,36H2,1H3,(H,37,38). The number of H-pyrrole nitrogens is 1. The Bertz CT molecular complexity index is 1660. The van der Waals surface area contributed by atoms with Crippen molar-refractivity contribution in [2.45, 2.75) is 17.9 Å². The maximum atomic E-state index is 6.01. The summed E-state index contributed by atoms with van der Waals surface area (Å²) in [5.74, 6) is 0.866. The van der Waals surface area contributed by atoms with Gasteiger partial charge in [-0.25, -0.2) is 4.98 Å². The molecule has 3 N–H and O–H groups in total. The van der Waals surface area contributed by atoms with E-state index >= 15 is 0 Å². The molecule has 190 valence electrons. The molecule has 1 aromatic heterocycles. The fourth-order valence-corrected chi connectivity index (χ4v) is 6.54. The van der Waals surface area contributed by atoms with Crippen LogP contribution in [0, 0.1) is 0 Å². The highest BCUT2D eigenvalue weighted by molar-refractivity contribution is 5.83. The van der Waals surface area contributed by atoms with Gasteiger partial charge in [-0.05, 0) is 65.1 Å². The van der Waals surface area contributed by atoms with Crippen LogP contribution in [0.2, 0.25) is 0 Å². The number of hydrogen-bond acceptors (Lipinski definition) is 3. The molecule has 1 unspecified atom stereocenters. The molecule has 4 heteroatoms. The molecule has 0 bridgehead atoms. The summed E-state index contributed by atoms with van der Waals surface area (Å²) in [6.07, 6.45) is 0.908. The van der Waals surface area contributed by atoms with Gasteiger partial charge in [-0.15, -0.1) is 0 Å². The van der Waals surface area contributed by atoms with E-state index in [0.717, 1.165) is 34.5 Å². The number of nitrogens with one attached hydrogen (secondary N) is 1. The molecule has 0 spiro atoms. The number of imidazole rings is 1. The van der Waals surface area contributed by atoms with E-state index in [9.17, 15) is 0 Å². The first kappa shape index (κ1) is 23.3. The minimum atomic E-state index is -0.366. The van der Waals surface area contributed by atoms with Gasteiger partial charge in [-0.3, -0.25) is 0 Å². The number of likely N-dealkylation sites (N-methyl/N-ethyl adjacent to an activating group) is 1. The third kappa shape index (κ3) is 3.71. The summed E-state index contributed by atoms with van der Waals surface area (Å²) < 4.78 is 0. The summed E-state index contributed by atoms with van der Waals surface area (Å²) in [7, 11) is 2.24. The Morgan fingerprint density at radius 3 is 1.92 bits per heavy atom. The van der Waals surface area contributed by atoms with Gasteiger partial charge in [0, 0.05) is 24.0 Å². The number of nitrogens with zero attached hydrogens (tertiary/aromatic N) is 2. The predicted octanol–water partition coefficient (Wildman–Crippen LogP) is 7.21. The molecule has 5 aromatic carbocycles. The first-order chi connectivity index (χ1) is 19.1. The van der Waals surface area contributed by atoms with Crippen molar-refractivity contribution in [1.82, 2.24) is 9.97 Å². The fraction of sp³-hybridized carbons (Fsp3) is 0.114. The lowest BCUT2D eigenvalue weighted by Gasteiger charge is -2.44. The Morgan fingerprint density at radius 1 is 0.744 bits per heavy atom. The third-order valence-electron chi connectivity index (χ3n) is 8.31. The van der Waals surface area contributed by atoms with E-state index in [2.05, 4.69) is 126 Å². The lowest BCUT2D eigenvalue weighted by molar-refractivity contribution is 0.471. The molecule has 39 heavy (non-hydrogen) atoms. The Morgan fingerprint density at radius 2 is 1.33 bits per heavy atom. The quantitative estimate of drug-likeness (QED) is 0.192. The van der Waals surface area contributed by atoms with Crippen LogP contribution in [0.4, 0.5) is 11.4 Å². The lowest BCUT2D eigenvalue weighted by Crippen LogP contribution is -2.49. The first-order valence-electron chi connectivity index (χ1n) is 13.4. The predicted molar refractivity (Wildman–Crippen MR) is 161 cm³/mol. The molecule has 0 aliphatic carbocycles. The van der Waals surface area contributed by atoms with Crippen LogP contribution in [0.15, 0.2) is 127 Å². The van der Waals surface area contributed by atoms with Crippen LogP contribution in [0.25, 0.3) is 22.4 Å². The Hall–Kier alpha value is -4.83. The third-order valence-corrected chi connectivity index (χ3v) is 8.31. The summed E-state index contributed by atoms with van der Waals surface area (Å²) in [5, 5.41) is 0. The molecular weight excluding hydrogens is 476 g/mol. The zero-order valence-corrected chi connectivity index (χ0v) is 21.9. The van der Waals surface area contributed by atoms with Crippen LogP contribution in [0.5, 0.6) is 0 Å². The summed E-state index contributed by atoms with van der Waals surface area (Å²) in [4.78, 5) is 10.8. The zero-order valence-electron chi connectivity index (χ0n) is 21.9. The van der Waals surface area contributed by atoms with Crippen molar-refractivity contribution in [3.05, 3.63) is 150 Å². The molecule has 0 amide bonds. The van der Waals surface area contributed by atoms with Crippen molar-refractivity contribution >= 4 is 22.4 Å². The molecule has 7 rings (SSSR count). The van der Waals surface area contributed by atoms with Gasteiger partial charge in [0.25, 0.3) is 0 Å². The van der Waals surface area contributed by atoms with Crippen molar-refractivity contribution in [3.8, 4) is 11.4 Å². The molecule has 1 atom stereocenters. The summed E-state index contributed by atoms with van der Waals surface area (Å²) in [5.41, 5.74) is 15.8. The average molecular weight is 507 g/mol. The first-order valence-corrected chi connectivity index (χ1v) is 13.4. The van der Waals surface area contributed by atoms with E-state index in [0.29, 0.717) is 0 Å². The van der Waals surface area contributed by atoms with Crippen molar-refractivity contribution in [3.63, 3.8) is 0 Å². The van der Waals surface area contributed by atoms with Crippen LogP contribution < -0.4 is 10.6 Å². The molecule has 0 saturated heterocycles. The number of anilines is 2. The van der Waals surface area contributed by atoms with Gasteiger partial charge in [0.1, 0.15) is 5.82 Å². The van der Waals surface area contributed by atoms with E-state index in [1.807, 2.05) is 18.2 Å². The van der Waals surface area contributed by atoms with Crippen LogP contribution in [-0.2, 0) is 11.8 Å². The molecule has 4 nitrogen and oxygen atoms in total. The summed E-state index contributed by atoms with van der Waals surface area (Å²) >= 11 is 0. The molecule has 6 aromatic rings. The van der Waals surface area contributed by atoms with Gasteiger partial charge in [-0.2, -0.15) is 0 Å². The highest BCUT2D eigenvalue weighted by atomic mass is 15.2. The largest absolute Gasteiger partial charge is 0.399 e. The minimum absolute atomic E-state index is 0.172. The number of aromatic amines is 1. The van der Waals surface area contributed by atoms with Crippen LogP contribution in [-0.4, -0.2) is 23.1 Å². The molecule has 2 heterocycles. The summed E-state index contributed by atoms with van der Waals surface area (Å²) in [6.45, 7) is 0. The smallest absolute Gasteiger partial charge is 0.138 e. The second kappa shape index (κ2) is 9.17. The molecular formula is C35H30N4. The van der Waals surface area contributed by atoms with Crippen LogP contribution in [0.1, 0.15) is 22.3 Å². The fourth-order valence-electron chi connectivity index (χ4n) is 6.54. The van der Waals surface area contributed by atoms with E-state index in [1.54, 1.807) is 0 Å². The number of rotatable bonds is 5. The zero-order chi connectivity index (χ0) is 26.4. The minimum Gasteiger partial charge on any atom is -0.399 e. The number of hydrogen-bond donors (Lipinski definition) is 2. The van der Waals surface area contributed by atoms with Gasteiger partial charge in [0.05, 0.1) is 22.5 Å². The van der Waals surface area contributed by atoms with E-state index in [1.165, 1.54) is 27.9 Å². The average Bonchev–Trinajstić information content (AvgIpc) is 3.56. The number of aromatic nitrogens is 2. The maximum Gasteiger partial charge on any atom is 0.138 e. The SMILES string of the molecule is CN1c2ccc(-c3nc4ccc(N)cc4[nH]3)cc2CC1C(c1ccccc1)(c1ccccc1)c1ccccc1. The van der Waals surface area contributed by atoms with Gasteiger partial charge < -0.3 is 15.6 Å².